The number of nitrogens with zero attached hydrogens (tertiary/aromatic N) is 2. The van der Waals surface area contributed by atoms with Gasteiger partial charge in [0.2, 0.25) is 21.8 Å². The zero-order valence-electron chi connectivity index (χ0n) is 20.8. The zero-order chi connectivity index (χ0) is 26.2. The summed E-state index contributed by atoms with van der Waals surface area (Å²) in [6.07, 6.45) is 1.03. The summed E-state index contributed by atoms with van der Waals surface area (Å²) in [4.78, 5) is 27.8. The van der Waals surface area contributed by atoms with E-state index in [1.807, 2.05) is 13.8 Å². The standard InChI is InChI=1S/C25H34ClN3O5S/c1-6-34-23-10-8-7-9-22(23)29(35(5,32)33)17-24(30)28(16-20-11-13-21(26)14-12-20)19(4)25(31)27-15-18(2)3/h7-14,18-19H,6,15-17H2,1-5H3,(H,27,31)/t19-/m0/s1. The van der Waals surface area contributed by atoms with Gasteiger partial charge in [-0.15, -0.1) is 0 Å². The number of hydrogen-bond donors (Lipinski definition) is 1. The van der Waals surface area contributed by atoms with Crippen molar-refractivity contribution < 1.29 is 22.7 Å². The molecule has 1 atom stereocenters. The lowest BCUT2D eigenvalue weighted by Crippen LogP contribution is -2.51. The van der Waals surface area contributed by atoms with Crippen LogP contribution in [0.5, 0.6) is 5.75 Å². The van der Waals surface area contributed by atoms with Gasteiger partial charge in [0.25, 0.3) is 0 Å². The molecule has 0 unspecified atom stereocenters. The second-order valence-corrected chi connectivity index (χ2v) is 11.0. The summed E-state index contributed by atoms with van der Waals surface area (Å²) in [5.41, 5.74) is 1.01. The smallest absolute Gasteiger partial charge is 0.244 e. The van der Waals surface area contributed by atoms with Crippen molar-refractivity contribution in [2.45, 2.75) is 40.3 Å². The van der Waals surface area contributed by atoms with Crippen molar-refractivity contribution in [1.82, 2.24) is 10.2 Å². The third-order valence-electron chi connectivity index (χ3n) is 5.23. The SMILES string of the molecule is CCOc1ccccc1N(CC(=O)N(Cc1ccc(Cl)cc1)[C@@H](C)C(=O)NCC(C)C)S(C)(=O)=O. The van der Waals surface area contributed by atoms with Gasteiger partial charge in [0, 0.05) is 18.1 Å². The Morgan fingerprint density at radius 1 is 1.06 bits per heavy atom. The predicted molar refractivity (Wildman–Crippen MR) is 139 cm³/mol. The lowest BCUT2D eigenvalue weighted by molar-refractivity contribution is -0.139. The van der Waals surface area contributed by atoms with Crippen LogP contribution in [-0.2, 0) is 26.2 Å². The third kappa shape index (κ3) is 8.43. The maximum Gasteiger partial charge on any atom is 0.244 e. The summed E-state index contributed by atoms with van der Waals surface area (Å²) in [6.45, 7) is 7.78. The Labute approximate surface area is 213 Å². The number of hydrogen-bond acceptors (Lipinski definition) is 5. The van der Waals surface area contributed by atoms with Crippen LogP contribution in [0.1, 0.15) is 33.3 Å². The molecule has 0 aliphatic rings. The van der Waals surface area contributed by atoms with E-state index >= 15 is 0 Å². The van der Waals surface area contributed by atoms with E-state index in [4.69, 9.17) is 16.3 Å². The first kappa shape index (κ1) is 28.5. The lowest BCUT2D eigenvalue weighted by atomic mass is 10.1. The Bertz CT molecular complexity index is 1110. The van der Waals surface area contributed by atoms with Crippen molar-refractivity contribution in [3.8, 4) is 5.75 Å². The van der Waals surface area contributed by atoms with Gasteiger partial charge in [-0.05, 0) is 49.6 Å². The van der Waals surface area contributed by atoms with Crippen molar-refractivity contribution in [3.63, 3.8) is 0 Å². The van der Waals surface area contributed by atoms with E-state index in [9.17, 15) is 18.0 Å². The summed E-state index contributed by atoms with van der Waals surface area (Å²) in [5, 5.41) is 3.39. The largest absolute Gasteiger partial charge is 0.492 e. The molecule has 0 aliphatic carbocycles. The molecule has 0 heterocycles. The third-order valence-corrected chi connectivity index (χ3v) is 6.61. The molecule has 2 rings (SSSR count). The fourth-order valence-electron chi connectivity index (χ4n) is 3.36. The second-order valence-electron chi connectivity index (χ2n) is 8.63. The highest BCUT2D eigenvalue weighted by atomic mass is 35.5. The molecule has 10 heteroatoms. The van der Waals surface area contributed by atoms with Gasteiger partial charge in [-0.1, -0.05) is 49.7 Å². The average molecular weight is 524 g/mol. The molecule has 0 saturated heterocycles. The molecule has 0 fully saturated rings. The number of amides is 2. The second kappa shape index (κ2) is 12.8. The van der Waals surface area contributed by atoms with Crippen molar-refractivity contribution in [1.29, 1.82) is 0 Å². The van der Waals surface area contributed by atoms with Gasteiger partial charge in [0.15, 0.2) is 0 Å². The maximum absolute atomic E-state index is 13.6. The van der Waals surface area contributed by atoms with Crippen LogP contribution < -0.4 is 14.4 Å². The topological polar surface area (TPSA) is 96.0 Å². The van der Waals surface area contributed by atoms with E-state index in [0.717, 1.165) is 16.1 Å². The van der Waals surface area contributed by atoms with Crippen LogP contribution in [-0.4, -0.2) is 57.1 Å². The fraction of sp³-hybridized carbons (Fsp3) is 0.440. The molecule has 2 aromatic carbocycles. The molecule has 0 aliphatic heterocycles. The monoisotopic (exact) mass is 523 g/mol. The average Bonchev–Trinajstić information content (AvgIpc) is 2.80. The van der Waals surface area contributed by atoms with Gasteiger partial charge in [-0.2, -0.15) is 0 Å². The molecule has 0 radical (unpaired) electrons. The van der Waals surface area contributed by atoms with E-state index in [-0.39, 0.29) is 24.1 Å². The van der Waals surface area contributed by atoms with Gasteiger partial charge in [-0.25, -0.2) is 8.42 Å². The number of nitrogens with one attached hydrogen (secondary N) is 1. The summed E-state index contributed by atoms with van der Waals surface area (Å²) in [5.74, 6) is -0.256. The van der Waals surface area contributed by atoms with Gasteiger partial charge >= 0.3 is 0 Å². The number of carbonyl (C=O) groups excluding carboxylic acids is 2. The number of rotatable bonds is 12. The van der Waals surface area contributed by atoms with E-state index in [0.29, 0.717) is 23.9 Å². The molecule has 0 spiro atoms. The minimum Gasteiger partial charge on any atom is -0.492 e. The van der Waals surface area contributed by atoms with E-state index in [2.05, 4.69) is 5.32 Å². The zero-order valence-corrected chi connectivity index (χ0v) is 22.4. The van der Waals surface area contributed by atoms with Crippen LogP contribution in [0.25, 0.3) is 0 Å². The Hall–Kier alpha value is -2.78. The maximum atomic E-state index is 13.6. The highest BCUT2D eigenvalue weighted by molar-refractivity contribution is 7.92. The Kier molecular flexibility index (Phi) is 10.4. The molecule has 0 bridgehead atoms. The molecular weight excluding hydrogens is 490 g/mol. The molecule has 0 saturated carbocycles. The van der Waals surface area contributed by atoms with Crippen molar-refractivity contribution in [2.24, 2.45) is 5.92 Å². The molecule has 2 aromatic rings. The van der Waals surface area contributed by atoms with Crippen LogP contribution in [0.15, 0.2) is 48.5 Å². The van der Waals surface area contributed by atoms with Gasteiger partial charge in [-0.3, -0.25) is 13.9 Å². The summed E-state index contributed by atoms with van der Waals surface area (Å²) >= 11 is 5.99. The minimum atomic E-state index is -3.85. The van der Waals surface area contributed by atoms with Gasteiger partial charge < -0.3 is 15.0 Å². The molecule has 8 nitrogen and oxygen atoms in total. The lowest BCUT2D eigenvalue weighted by Gasteiger charge is -2.32. The molecule has 35 heavy (non-hydrogen) atoms. The summed E-state index contributed by atoms with van der Waals surface area (Å²) in [6, 6.07) is 12.7. The van der Waals surface area contributed by atoms with Crippen LogP contribution in [0.3, 0.4) is 0 Å². The number of para-hydroxylation sites is 2. The molecule has 2 amide bonds. The first-order chi connectivity index (χ1) is 16.4. The Morgan fingerprint density at radius 2 is 1.69 bits per heavy atom. The predicted octanol–water partition coefficient (Wildman–Crippen LogP) is 3.69. The van der Waals surface area contributed by atoms with Crippen molar-refractivity contribution in [2.75, 3.05) is 30.3 Å². The normalized spacial score (nSPS) is 12.2. The van der Waals surface area contributed by atoms with Gasteiger partial charge in [0.1, 0.15) is 18.3 Å². The van der Waals surface area contributed by atoms with Crippen LogP contribution >= 0.6 is 11.6 Å². The molecule has 1 N–H and O–H groups in total. The minimum absolute atomic E-state index is 0.108. The van der Waals surface area contributed by atoms with E-state index in [1.165, 1.54) is 4.90 Å². The van der Waals surface area contributed by atoms with Crippen LogP contribution in [0.2, 0.25) is 5.02 Å². The fourth-order valence-corrected chi connectivity index (χ4v) is 4.34. The van der Waals surface area contributed by atoms with E-state index in [1.54, 1.807) is 62.4 Å². The highest BCUT2D eigenvalue weighted by Crippen LogP contribution is 2.30. The number of sulfonamides is 1. The van der Waals surface area contributed by atoms with Crippen LogP contribution in [0.4, 0.5) is 5.69 Å². The first-order valence-corrected chi connectivity index (χ1v) is 13.7. The highest BCUT2D eigenvalue weighted by Gasteiger charge is 2.31. The summed E-state index contributed by atoms with van der Waals surface area (Å²) in [7, 11) is -3.85. The molecular formula is C25H34ClN3O5S. The number of benzene rings is 2. The Balaban J connectivity index is 2.40. The molecule has 192 valence electrons. The number of halogens is 1. The van der Waals surface area contributed by atoms with Crippen molar-refractivity contribution in [3.05, 3.63) is 59.1 Å². The first-order valence-electron chi connectivity index (χ1n) is 11.4. The van der Waals surface area contributed by atoms with Gasteiger partial charge in [0.05, 0.1) is 18.6 Å². The van der Waals surface area contributed by atoms with Crippen molar-refractivity contribution >= 4 is 39.1 Å². The number of carbonyl (C=O) groups is 2. The molecule has 0 aromatic heterocycles. The summed E-state index contributed by atoms with van der Waals surface area (Å²) < 4.78 is 32.1. The Morgan fingerprint density at radius 3 is 2.26 bits per heavy atom. The quantitative estimate of drug-likeness (QED) is 0.457. The van der Waals surface area contributed by atoms with Crippen LogP contribution in [0, 0.1) is 5.92 Å². The number of anilines is 1. The van der Waals surface area contributed by atoms with E-state index < -0.39 is 28.5 Å². The number of ether oxygens (including phenoxy) is 1.